The Balaban J connectivity index is 1.31. The molecule has 6 heteroatoms. The van der Waals surface area contributed by atoms with Crippen molar-refractivity contribution in [2.75, 3.05) is 13.2 Å². The number of aromatic nitrogens is 1. The molecule has 0 unspecified atom stereocenters. The van der Waals surface area contributed by atoms with E-state index in [1.807, 2.05) is 53.2 Å². The first-order valence-electron chi connectivity index (χ1n) is 8.24. The lowest BCUT2D eigenvalue weighted by Crippen LogP contribution is -2.26. The van der Waals surface area contributed by atoms with Gasteiger partial charge in [0.2, 0.25) is 5.91 Å². The molecule has 3 aromatic rings. The van der Waals surface area contributed by atoms with E-state index in [1.54, 1.807) is 22.7 Å². The molecule has 2 heterocycles. The van der Waals surface area contributed by atoms with Crippen molar-refractivity contribution in [2.24, 2.45) is 0 Å². The zero-order valence-electron chi connectivity index (χ0n) is 13.8. The molecule has 0 saturated carbocycles. The van der Waals surface area contributed by atoms with Gasteiger partial charge >= 0.3 is 0 Å². The second-order valence-electron chi connectivity index (χ2n) is 5.52. The summed E-state index contributed by atoms with van der Waals surface area (Å²) in [5.74, 6) is 0.906. The number of hydrogen-bond acceptors (Lipinski definition) is 5. The number of carbonyl (C=O) groups excluding carboxylic acids is 1. The molecule has 1 N–H and O–H groups in total. The van der Waals surface area contributed by atoms with Crippen LogP contribution in [0.25, 0.3) is 9.88 Å². The molecule has 3 rings (SSSR count). The molecule has 1 amide bonds. The number of benzene rings is 1. The number of rotatable bonds is 9. The van der Waals surface area contributed by atoms with Crippen LogP contribution in [-0.4, -0.2) is 24.0 Å². The van der Waals surface area contributed by atoms with Crippen LogP contribution < -0.4 is 10.1 Å². The van der Waals surface area contributed by atoms with Crippen molar-refractivity contribution in [1.29, 1.82) is 0 Å². The van der Waals surface area contributed by atoms with Gasteiger partial charge in [-0.25, -0.2) is 4.98 Å². The van der Waals surface area contributed by atoms with Gasteiger partial charge in [-0.3, -0.25) is 4.79 Å². The molecule has 0 fully saturated rings. The van der Waals surface area contributed by atoms with Crippen molar-refractivity contribution < 1.29 is 9.53 Å². The molecule has 0 bridgehead atoms. The second kappa shape index (κ2) is 9.34. The highest BCUT2D eigenvalue weighted by Crippen LogP contribution is 2.27. The quantitative estimate of drug-likeness (QED) is 0.567. The van der Waals surface area contributed by atoms with Crippen molar-refractivity contribution in [3.63, 3.8) is 0 Å². The van der Waals surface area contributed by atoms with Gasteiger partial charge in [-0.1, -0.05) is 24.3 Å². The van der Waals surface area contributed by atoms with Crippen LogP contribution in [0.2, 0.25) is 0 Å². The first-order valence-corrected chi connectivity index (χ1v) is 10.00. The molecule has 0 aliphatic carbocycles. The van der Waals surface area contributed by atoms with Crippen LogP contribution >= 0.6 is 22.7 Å². The van der Waals surface area contributed by atoms with Gasteiger partial charge in [0.05, 0.1) is 23.6 Å². The van der Waals surface area contributed by atoms with E-state index in [-0.39, 0.29) is 5.91 Å². The topological polar surface area (TPSA) is 51.2 Å². The summed E-state index contributed by atoms with van der Waals surface area (Å²) in [5.41, 5.74) is 0.832. The third kappa shape index (κ3) is 5.69. The summed E-state index contributed by atoms with van der Waals surface area (Å²) in [7, 11) is 0. The van der Waals surface area contributed by atoms with Crippen molar-refractivity contribution in [3.8, 4) is 15.6 Å². The number of hydrogen-bond donors (Lipinski definition) is 1. The fourth-order valence-electron chi connectivity index (χ4n) is 2.29. The normalized spacial score (nSPS) is 10.6. The first-order chi connectivity index (χ1) is 12.3. The van der Waals surface area contributed by atoms with Gasteiger partial charge in [-0.15, -0.1) is 22.7 Å². The van der Waals surface area contributed by atoms with E-state index in [4.69, 9.17) is 4.74 Å². The van der Waals surface area contributed by atoms with Crippen molar-refractivity contribution in [3.05, 3.63) is 58.9 Å². The highest BCUT2D eigenvalue weighted by molar-refractivity contribution is 7.20. The summed E-state index contributed by atoms with van der Waals surface area (Å²) in [4.78, 5) is 17.7. The molecule has 25 heavy (non-hydrogen) atoms. The zero-order valence-corrected chi connectivity index (χ0v) is 15.4. The van der Waals surface area contributed by atoms with E-state index >= 15 is 0 Å². The summed E-state index contributed by atoms with van der Waals surface area (Å²) in [6.45, 7) is 1.33. The van der Waals surface area contributed by atoms with Gasteiger partial charge in [0, 0.05) is 11.9 Å². The van der Waals surface area contributed by atoms with Crippen LogP contribution in [0.4, 0.5) is 0 Å². The molecule has 1 aromatic carbocycles. The Kier molecular flexibility index (Phi) is 6.59. The third-order valence-corrected chi connectivity index (χ3v) is 5.46. The van der Waals surface area contributed by atoms with E-state index in [0.29, 0.717) is 19.6 Å². The largest absolute Gasteiger partial charge is 0.494 e. The maximum atomic E-state index is 12.0. The molecule has 0 radical (unpaired) electrons. The number of amides is 1. The van der Waals surface area contributed by atoms with Gasteiger partial charge in [0.15, 0.2) is 0 Å². The van der Waals surface area contributed by atoms with E-state index in [1.165, 1.54) is 0 Å². The van der Waals surface area contributed by atoms with Gasteiger partial charge in [0.25, 0.3) is 0 Å². The lowest BCUT2D eigenvalue weighted by atomic mass is 10.3. The average Bonchev–Trinajstić information content (AvgIpc) is 3.30. The number of nitrogens with zero attached hydrogens (tertiary/aromatic N) is 1. The van der Waals surface area contributed by atoms with Gasteiger partial charge in [-0.2, -0.15) is 0 Å². The third-order valence-electron chi connectivity index (χ3n) is 3.53. The minimum atomic E-state index is 0.0204. The predicted octanol–water partition coefficient (Wildman–Crippen LogP) is 4.39. The molecule has 0 aliphatic rings. The Morgan fingerprint density at radius 2 is 1.96 bits per heavy atom. The first kappa shape index (κ1) is 17.6. The summed E-state index contributed by atoms with van der Waals surface area (Å²) in [5, 5.41) is 7.92. The fourth-order valence-corrected chi connectivity index (χ4v) is 3.92. The van der Waals surface area contributed by atoms with E-state index in [0.717, 1.165) is 34.2 Å². The van der Waals surface area contributed by atoms with E-state index in [9.17, 15) is 4.79 Å². The van der Waals surface area contributed by atoms with Crippen LogP contribution in [0.15, 0.2) is 53.2 Å². The number of thiophene rings is 1. The number of nitrogens with one attached hydrogen (secondary N) is 1. The Morgan fingerprint density at radius 1 is 1.08 bits per heavy atom. The van der Waals surface area contributed by atoms with Gasteiger partial charge in [0.1, 0.15) is 10.8 Å². The number of thiazole rings is 1. The lowest BCUT2D eigenvalue weighted by Gasteiger charge is -2.06. The average molecular weight is 373 g/mol. The van der Waals surface area contributed by atoms with E-state index < -0.39 is 0 Å². The molecule has 0 saturated heterocycles. The van der Waals surface area contributed by atoms with Crippen LogP contribution in [0.3, 0.4) is 0 Å². The number of unbranched alkanes of at least 4 members (excludes halogenated alkanes) is 1. The van der Waals surface area contributed by atoms with Crippen LogP contribution in [0, 0.1) is 0 Å². The van der Waals surface area contributed by atoms with Gasteiger partial charge in [-0.05, 0) is 36.4 Å². The zero-order chi connectivity index (χ0) is 17.3. The fraction of sp³-hybridized carbons (Fsp3) is 0.263. The highest BCUT2D eigenvalue weighted by Gasteiger charge is 2.09. The molecule has 4 nitrogen and oxygen atoms in total. The van der Waals surface area contributed by atoms with Crippen LogP contribution in [0.5, 0.6) is 5.75 Å². The van der Waals surface area contributed by atoms with Crippen LogP contribution in [-0.2, 0) is 11.2 Å². The Bertz CT molecular complexity index is 770. The molecule has 130 valence electrons. The van der Waals surface area contributed by atoms with Gasteiger partial charge < -0.3 is 10.1 Å². The molecule has 0 atom stereocenters. The monoisotopic (exact) mass is 372 g/mol. The number of ether oxygens (including phenoxy) is 1. The Morgan fingerprint density at radius 3 is 2.76 bits per heavy atom. The summed E-state index contributed by atoms with van der Waals surface area (Å²) in [6.07, 6.45) is 2.15. The smallest absolute Gasteiger partial charge is 0.226 e. The Labute approximate surface area is 155 Å². The summed E-state index contributed by atoms with van der Waals surface area (Å²) in [6, 6.07) is 13.8. The Hall–Kier alpha value is -2.18. The maximum absolute atomic E-state index is 12.0. The molecule has 2 aromatic heterocycles. The minimum absolute atomic E-state index is 0.0204. The molecular weight excluding hydrogens is 352 g/mol. The molecule has 0 spiro atoms. The highest BCUT2D eigenvalue weighted by atomic mass is 32.1. The van der Waals surface area contributed by atoms with Crippen molar-refractivity contribution in [1.82, 2.24) is 10.3 Å². The molecular formula is C19H20N2O2S2. The predicted molar refractivity (Wildman–Crippen MR) is 103 cm³/mol. The lowest BCUT2D eigenvalue weighted by molar-refractivity contribution is -0.120. The van der Waals surface area contributed by atoms with Crippen LogP contribution in [0.1, 0.15) is 18.5 Å². The van der Waals surface area contributed by atoms with Crippen molar-refractivity contribution >= 4 is 28.6 Å². The number of para-hydroxylation sites is 1. The minimum Gasteiger partial charge on any atom is -0.494 e. The second-order valence-corrected chi connectivity index (χ2v) is 7.32. The maximum Gasteiger partial charge on any atom is 0.226 e. The summed E-state index contributed by atoms with van der Waals surface area (Å²) < 4.78 is 5.63. The standard InChI is InChI=1S/C19H20N2O2S2/c22-18(13-15-14-25-19(21-15)17-9-6-12-24-17)20-10-4-5-11-23-16-7-2-1-3-8-16/h1-3,6-9,12,14H,4-5,10-11,13H2,(H,20,22). The number of carbonyl (C=O) groups is 1. The SMILES string of the molecule is O=C(Cc1csc(-c2cccs2)n1)NCCCCOc1ccccc1. The summed E-state index contributed by atoms with van der Waals surface area (Å²) >= 11 is 3.25. The molecule has 0 aliphatic heterocycles. The van der Waals surface area contributed by atoms with Crippen molar-refractivity contribution in [2.45, 2.75) is 19.3 Å². The van der Waals surface area contributed by atoms with E-state index in [2.05, 4.69) is 10.3 Å².